The van der Waals surface area contributed by atoms with Crippen LogP contribution < -0.4 is 0 Å². The summed E-state index contributed by atoms with van der Waals surface area (Å²) in [6.07, 6.45) is 3.77. The first kappa shape index (κ1) is 19.9. The quantitative estimate of drug-likeness (QED) is 0.436. The molecule has 0 spiro atoms. The summed E-state index contributed by atoms with van der Waals surface area (Å²) in [5, 5.41) is 19.5. The normalized spacial score (nSPS) is 13.0. The van der Waals surface area contributed by atoms with E-state index in [1.807, 2.05) is 6.92 Å². The molecular weight excluding hydrogens is 284 g/mol. The van der Waals surface area contributed by atoms with Crippen LogP contribution in [0, 0.1) is 0 Å². The van der Waals surface area contributed by atoms with Crippen LogP contribution in [0.15, 0.2) is 10.8 Å². The zero-order valence-electron chi connectivity index (χ0n) is 13.9. The fourth-order valence-corrected chi connectivity index (χ4v) is 9.15. The molecule has 0 aliphatic rings. The lowest BCUT2D eigenvalue weighted by Crippen LogP contribution is -2.42. The van der Waals surface area contributed by atoms with Crippen LogP contribution in [0.25, 0.3) is 0 Å². The minimum atomic E-state index is -2.25. The highest BCUT2D eigenvalue weighted by Crippen LogP contribution is 2.36. The summed E-state index contributed by atoms with van der Waals surface area (Å²) in [4.78, 5) is 23.5. The molecule has 21 heavy (non-hydrogen) atoms. The number of carbonyl (C=O) groups is 2. The maximum atomic E-state index is 11.9. The molecule has 4 nitrogen and oxygen atoms in total. The average Bonchev–Trinajstić information content (AvgIpc) is 2.38. The number of carboxylic acids is 2. The van der Waals surface area contributed by atoms with E-state index >= 15 is 0 Å². The fraction of sp³-hybridized carbons (Fsp3) is 0.750. The number of hydrogen-bond donors (Lipinski definition) is 2. The molecule has 0 heterocycles. The maximum Gasteiger partial charge on any atom is 0.331 e. The molecule has 0 aliphatic heterocycles. The van der Waals surface area contributed by atoms with Crippen LogP contribution in [0.5, 0.6) is 0 Å². The molecule has 0 atom stereocenters. The smallest absolute Gasteiger partial charge is 0.331 e. The summed E-state index contributed by atoms with van der Waals surface area (Å²) in [5.41, 5.74) is 0.159. The molecular formula is C16H30O4Si. The van der Waals surface area contributed by atoms with Gasteiger partial charge in [0, 0.05) is 10.8 Å². The van der Waals surface area contributed by atoms with E-state index in [0.717, 1.165) is 37.4 Å². The summed E-state index contributed by atoms with van der Waals surface area (Å²) < 4.78 is 0. The predicted molar refractivity (Wildman–Crippen MR) is 88.3 cm³/mol. The van der Waals surface area contributed by atoms with E-state index in [0.29, 0.717) is 18.0 Å². The molecule has 0 aromatic heterocycles. The lowest BCUT2D eigenvalue weighted by molar-refractivity contribution is -0.135. The van der Waals surface area contributed by atoms with E-state index in [2.05, 4.69) is 20.8 Å². The van der Waals surface area contributed by atoms with E-state index < -0.39 is 20.0 Å². The second-order valence-electron chi connectivity index (χ2n) is 5.74. The Labute approximate surface area is 129 Å². The molecule has 0 fully saturated rings. The van der Waals surface area contributed by atoms with Crippen LogP contribution in [-0.4, -0.2) is 30.2 Å². The third-order valence-electron chi connectivity index (χ3n) is 3.99. The minimum Gasteiger partial charge on any atom is -0.478 e. The molecule has 0 aliphatic carbocycles. The molecule has 122 valence electrons. The summed E-state index contributed by atoms with van der Waals surface area (Å²) in [6.45, 7) is 8.08. The van der Waals surface area contributed by atoms with E-state index in [9.17, 15) is 19.8 Å². The van der Waals surface area contributed by atoms with Gasteiger partial charge in [-0.3, -0.25) is 0 Å². The summed E-state index contributed by atoms with van der Waals surface area (Å²) >= 11 is 0. The number of aliphatic carboxylic acids is 2. The van der Waals surface area contributed by atoms with Crippen molar-refractivity contribution in [2.24, 2.45) is 0 Å². The van der Waals surface area contributed by atoms with E-state index in [1.54, 1.807) is 0 Å². The zero-order valence-corrected chi connectivity index (χ0v) is 14.9. The first-order chi connectivity index (χ1) is 9.90. The van der Waals surface area contributed by atoms with Gasteiger partial charge in [0.1, 0.15) is 0 Å². The third-order valence-corrected chi connectivity index (χ3v) is 9.94. The van der Waals surface area contributed by atoms with Gasteiger partial charge in [-0.25, -0.2) is 9.59 Å². The highest BCUT2D eigenvalue weighted by atomic mass is 28.3. The predicted octanol–water partition coefficient (Wildman–Crippen LogP) is 4.47. The Morgan fingerprint density at radius 1 is 0.762 bits per heavy atom. The summed E-state index contributed by atoms with van der Waals surface area (Å²) in [6, 6.07) is 2.62. The largest absolute Gasteiger partial charge is 0.478 e. The monoisotopic (exact) mass is 314 g/mol. The molecule has 0 rings (SSSR count). The second kappa shape index (κ2) is 9.76. The lowest BCUT2D eigenvalue weighted by Gasteiger charge is -2.33. The van der Waals surface area contributed by atoms with Gasteiger partial charge in [-0.1, -0.05) is 71.5 Å². The van der Waals surface area contributed by atoms with Crippen LogP contribution in [-0.2, 0) is 9.59 Å². The Morgan fingerprint density at radius 2 is 1.19 bits per heavy atom. The van der Waals surface area contributed by atoms with Gasteiger partial charge < -0.3 is 10.2 Å². The van der Waals surface area contributed by atoms with Gasteiger partial charge in [0.2, 0.25) is 0 Å². The van der Waals surface area contributed by atoms with E-state index in [1.165, 1.54) is 0 Å². The van der Waals surface area contributed by atoms with Crippen LogP contribution in [0.3, 0.4) is 0 Å². The minimum absolute atomic E-state index is 0.159. The number of carboxylic acid groups (broad SMARTS) is 2. The molecule has 0 amide bonds. The van der Waals surface area contributed by atoms with Crippen molar-refractivity contribution in [3.63, 3.8) is 0 Å². The van der Waals surface area contributed by atoms with Crippen molar-refractivity contribution in [1.82, 2.24) is 0 Å². The molecule has 0 bridgehead atoms. The molecule has 2 N–H and O–H groups in total. The Balaban J connectivity index is 6.19. The van der Waals surface area contributed by atoms with Crippen molar-refractivity contribution in [3.05, 3.63) is 10.8 Å². The zero-order chi connectivity index (χ0) is 16.5. The van der Waals surface area contributed by atoms with Gasteiger partial charge in [0.25, 0.3) is 0 Å². The summed E-state index contributed by atoms with van der Waals surface area (Å²) in [5.74, 6) is -2.04. The highest BCUT2D eigenvalue weighted by molar-refractivity contribution is 6.90. The Kier molecular flexibility index (Phi) is 9.25. The van der Waals surface area contributed by atoms with Crippen molar-refractivity contribution in [2.75, 3.05) is 0 Å². The SMILES string of the molecule is CCC/C(C(=O)O)=C(/C(=O)O)[Si](CCC)(CCC)CCC. The van der Waals surface area contributed by atoms with Crippen LogP contribution >= 0.6 is 0 Å². The van der Waals surface area contributed by atoms with Gasteiger partial charge >= 0.3 is 11.9 Å². The second-order valence-corrected chi connectivity index (χ2v) is 10.3. The molecule has 0 aromatic carbocycles. The lowest BCUT2D eigenvalue weighted by atomic mass is 10.1. The van der Waals surface area contributed by atoms with Gasteiger partial charge in [-0.2, -0.15) is 0 Å². The van der Waals surface area contributed by atoms with E-state index in [4.69, 9.17) is 0 Å². The topological polar surface area (TPSA) is 74.6 Å². The Bertz CT molecular complexity index is 371. The first-order valence-electron chi connectivity index (χ1n) is 8.10. The molecule has 0 saturated heterocycles. The van der Waals surface area contributed by atoms with E-state index in [-0.39, 0.29) is 5.57 Å². The first-order valence-corrected chi connectivity index (χ1v) is 10.7. The maximum absolute atomic E-state index is 11.9. The van der Waals surface area contributed by atoms with Crippen molar-refractivity contribution in [2.45, 2.75) is 77.9 Å². The molecule has 0 saturated carbocycles. The molecule has 0 unspecified atom stereocenters. The molecule has 5 heteroatoms. The van der Waals surface area contributed by atoms with Gasteiger partial charge in [0.05, 0.1) is 8.07 Å². The molecule has 0 radical (unpaired) electrons. The van der Waals surface area contributed by atoms with Gasteiger partial charge in [-0.15, -0.1) is 0 Å². The highest BCUT2D eigenvalue weighted by Gasteiger charge is 2.41. The van der Waals surface area contributed by atoms with Crippen LogP contribution in [0.4, 0.5) is 0 Å². The third kappa shape index (κ3) is 5.30. The van der Waals surface area contributed by atoms with Crippen molar-refractivity contribution < 1.29 is 19.8 Å². The average molecular weight is 314 g/mol. The number of hydrogen-bond acceptors (Lipinski definition) is 2. The van der Waals surface area contributed by atoms with Crippen LogP contribution in [0.1, 0.15) is 59.8 Å². The summed E-state index contributed by atoms with van der Waals surface area (Å²) in [7, 11) is -2.25. The Hall–Kier alpha value is -1.10. The van der Waals surface area contributed by atoms with Crippen molar-refractivity contribution in [1.29, 1.82) is 0 Å². The standard InChI is InChI=1S/C16H30O4Si/c1-5-9-13(15(17)18)14(16(19)20)21(10-6-2,11-7-3)12-8-4/h5-12H2,1-4H3,(H,17,18)(H,19,20)/b14-13+. The molecule has 0 aromatic rings. The van der Waals surface area contributed by atoms with Crippen molar-refractivity contribution in [3.8, 4) is 0 Å². The van der Waals surface area contributed by atoms with Crippen molar-refractivity contribution >= 4 is 20.0 Å². The van der Waals surface area contributed by atoms with Gasteiger partial charge in [-0.05, 0) is 6.42 Å². The van der Waals surface area contributed by atoms with Gasteiger partial charge in [0.15, 0.2) is 0 Å². The number of rotatable bonds is 11. The Morgan fingerprint density at radius 3 is 1.43 bits per heavy atom. The van der Waals surface area contributed by atoms with Crippen LogP contribution in [0.2, 0.25) is 18.1 Å². The fourth-order valence-electron chi connectivity index (χ4n) is 3.45.